The normalized spacial score (nSPS) is 20.6. The second-order valence-corrected chi connectivity index (χ2v) is 10.4. The van der Waals surface area contributed by atoms with E-state index in [-0.39, 0.29) is 12.5 Å². The number of fused-ring (bicyclic) bond motifs is 1. The van der Waals surface area contributed by atoms with Crippen LogP contribution in [0.2, 0.25) is 0 Å². The molecule has 1 heterocycles. The molecule has 1 aromatic heterocycles. The highest BCUT2D eigenvalue weighted by molar-refractivity contribution is 6.00. The molecule has 38 heavy (non-hydrogen) atoms. The van der Waals surface area contributed by atoms with Crippen molar-refractivity contribution in [2.45, 2.75) is 82.4 Å². The van der Waals surface area contributed by atoms with Crippen molar-refractivity contribution in [3.63, 3.8) is 0 Å². The maximum absolute atomic E-state index is 13.2. The van der Waals surface area contributed by atoms with Crippen molar-refractivity contribution >= 4 is 34.8 Å². The lowest BCUT2D eigenvalue weighted by Crippen LogP contribution is -2.51. The molecule has 3 amide bonds. The third-order valence-electron chi connectivity index (χ3n) is 7.73. The topological polar surface area (TPSA) is 139 Å². The summed E-state index contributed by atoms with van der Waals surface area (Å²) in [7, 11) is 1.80. The number of ether oxygens (including phenoxy) is 1. The largest absolute Gasteiger partial charge is 0.481 e. The van der Waals surface area contributed by atoms with Gasteiger partial charge in [-0.1, -0.05) is 31.0 Å². The number of carbonyl (C=O) groups excluding carboxylic acids is 3. The van der Waals surface area contributed by atoms with Crippen LogP contribution in [-0.4, -0.2) is 58.3 Å². The maximum Gasteiger partial charge on any atom is 0.407 e. The van der Waals surface area contributed by atoms with Crippen LogP contribution >= 0.6 is 0 Å². The fraction of sp³-hybridized carbons (Fsp3) is 0.571. The Hall–Kier alpha value is -3.56. The predicted octanol–water partition coefficient (Wildman–Crippen LogP) is 3.49. The number of carboxylic acid groups (broad SMARTS) is 1. The molecule has 0 aliphatic heterocycles. The third-order valence-corrected chi connectivity index (χ3v) is 7.73. The number of hydrogen-bond donors (Lipinski definition) is 4. The zero-order chi connectivity index (χ0) is 27.1. The number of aryl methyl sites for hydroxylation is 1. The van der Waals surface area contributed by atoms with Crippen molar-refractivity contribution in [1.29, 1.82) is 0 Å². The van der Waals surface area contributed by atoms with Gasteiger partial charge >= 0.3 is 12.1 Å². The van der Waals surface area contributed by atoms with Gasteiger partial charge in [-0.25, -0.2) is 4.79 Å². The lowest BCUT2D eigenvalue weighted by Gasteiger charge is -2.24. The molecule has 206 valence electrons. The molecule has 2 aliphatic rings. The van der Waals surface area contributed by atoms with E-state index in [1.807, 2.05) is 24.3 Å². The SMILES string of the molecule is Cn1c(C(=O)N[C@@H](CCCNC(=O)OC2CCCCC2)C(=O)NC2CCC[C@H]2C(=O)O)cc2ccccc21. The molecule has 1 unspecified atom stereocenters. The van der Waals surface area contributed by atoms with Gasteiger partial charge in [0.1, 0.15) is 17.8 Å². The highest BCUT2D eigenvalue weighted by Crippen LogP contribution is 2.26. The Balaban J connectivity index is 1.37. The first-order valence-electron chi connectivity index (χ1n) is 13.7. The van der Waals surface area contributed by atoms with E-state index in [1.165, 1.54) is 6.42 Å². The van der Waals surface area contributed by atoms with Crippen LogP contribution in [0.5, 0.6) is 0 Å². The minimum atomic E-state index is -0.926. The highest BCUT2D eigenvalue weighted by atomic mass is 16.6. The molecule has 2 saturated carbocycles. The van der Waals surface area contributed by atoms with Gasteiger partial charge in [-0.05, 0) is 63.5 Å². The Kier molecular flexibility index (Phi) is 9.25. The van der Waals surface area contributed by atoms with Gasteiger partial charge in [0.15, 0.2) is 0 Å². The van der Waals surface area contributed by atoms with Crippen molar-refractivity contribution in [1.82, 2.24) is 20.5 Å². The van der Waals surface area contributed by atoms with Gasteiger partial charge < -0.3 is 30.4 Å². The summed E-state index contributed by atoms with van der Waals surface area (Å²) in [6.07, 6.45) is 7.08. The quantitative estimate of drug-likeness (QED) is 0.350. The zero-order valence-corrected chi connectivity index (χ0v) is 21.9. The molecular formula is C28H38N4O6. The molecule has 4 rings (SSSR count). The van der Waals surface area contributed by atoms with E-state index in [9.17, 15) is 24.3 Å². The van der Waals surface area contributed by atoms with Crippen LogP contribution in [0.25, 0.3) is 10.9 Å². The van der Waals surface area contributed by atoms with E-state index in [4.69, 9.17) is 4.74 Å². The first-order chi connectivity index (χ1) is 18.3. The van der Waals surface area contributed by atoms with Crippen molar-refractivity contribution < 1.29 is 29.0 Å². The van der Waals surface area contributed by atoms with Gasteiger partial charge in [0.2, 0.25) is 5.91 Å². The number of alkyl carbamates (subject to hydrolysis) is 1. The Morgan fingerprint density at radius 1 is 1.05 bits per heavy atom. The molecule has 2 aromatic rings. The van der Waals surface area contributed by atoms with Crippen molar-refractivity contribution in [2.75, 3.05) is 6.54 Å². The molecular weight excluding hydrogens is 488 g/mol. The number of aliphatic carboxylic acids is 1. The van der Waals surface area contributed by atoms with Crippen LogP contribution in [-0.2, 0) is 21.4 Å². The monoisotopic (exact) mass is 526 g/mol. The van der Waals surface area contributed by atoms with E-state index in [0.717, 1.165) is 43.0 Å². The number of para-hydroxylation sites is 1. The van der Waals surface area contributed by atoms with Gasteiger partial charge in [0.05, 0.1) is 5.92 Å². The third kappa shape index (κ3) is 6.85. The first-order valence-corrected chi connectivity index (χ1v) is 13.7. The maximum atomic E-state index is 13.2. The molecule has 10 nitrogen and oxygen atoms in total. The van der Waals surface area contributed by atoms with Crippen LogP contribution in [0.3, 0.4) is 0 Å². The van der Waals surface area contributed by atoms with Crippen LogP contribution in [0, 0.1) is 5.92 Å². The number of nitrogens with zero attached hydrogens (tertiary/aromatic N) is 1. The number of aromatic nitrogens is 1. The van der Waals surface area contributed by atoms with Crippen molar-refractivity contribution in [3.05, 3.63) is 36.0 Å². The average molecular weight is 527 g/mol. The second-order valence-electron chi connectivity index (χ2n) is 10.4. The summed E-state index contributed by atoms with van der Waals surface area (Å²) in [5.74, 6) is -2.37. The van der Waals surface area contributed by atoms with E-state index in [0.29, 0.717) is 31.5 Å². The summed E-state index contributed by atoms with van der Waals surface area (Å²) in [6.45, 7) is 0.292. The Bertz CT molecular complexity index is 1160. The van der Waals surface area contributed by atoms with Crippen LogP contribution < -0.4 is 16.0 Å². The summed E-state index contributed by atoms with van der Waals surface area (Å²) in [4.78, 5) is 50.2. The van der Waals surface area contributed by atoms with Crippen LogP contribution in [0.4, 0.5) is 4.79 Å². The fourth-order valence-corrected chi connectivity index (χ4v) is 5.59. The molecule has 2 aliphatic carbocycles. The molecule has 10 heteroatoms. The Morgan fingerprint density at radius 2 is 1.82 bits per heavy atom. The van der Waals surface area contributed by atoms with Gasteiger partial charge in [0, 0.05) is 30.5 Å². The smallest absolute Gasteiger partial charge is 0.407 e. The number of carboxylic acids is 1. The number of carbonyl (C=O) groups is 4. The summed E-state index contributed by atoms with van der Waals surface area (Å²) < 4.78 is 7.25. The minimum absolute atomic E-state index is 0.0454. The molecule has 0 radical (unpaired) electrons. The van der Waals surface area contributed by atoms with E-state index < -0.39 is 41.9 Å². The molecule has 4 N–H and O–H groups in total. The van der Waals surface area contributed by atoms with Crippen molar-refractivity contribution in [3.8, 4) is 0 Å². The summed E-state index contributed by atoms with van der Waals surface area (Å²) in [5, 5.41) is 18.9. The van der Waals surface area contributed by atoms with Gasteiger partial charge in [-0.2, -0.15) is 0 Å². The number of nitrogens with one attached hydrogen (secondary N) is 3. The van der Waals surface area contributed by atoms with Gasteiger partial charge in [-0.3, -0.25) is 14.4 Å². The lowest BCUT2D eigenvalue weighted by molar-refractivity contribution is -0.142. The average Bonchev–Trinajstić information content (AvgIpc) is 3.51. The van der Waals surface area contributed by atoms with Crippen LogP contribution in [0.1, 0.15) is 74.7 Å². The zero-order valence-electron chi connectivity index (χ0n) is 21.9. The lowest BCUT2D eigenvalue weighted by atomic mass is 9.98. The molecule has 0 spiro atoms. The molecule has 2 fully saturated rings. The minimum Gasteiger partial charge on any atom is -0.481 e. The predicted molar refractivity (Wildman–Crippen MR) is 142 cm³/mol. The number of hydrogen-bond acceptors (Lipinski definition) is 5. The number of rotatable bonds is 10. The van der Waals surface area contributed by atoms with E-state index in [1.54, 1.807) is 17.7 Å². The first kappa shape index (κ1) is 27.5. The Labute approximate surface area is 222 Å². The van der Waals surface area contributed by atoms with Gasteiger partial charge in [-0.15, -0.1) is 0 Å². The number of benzene rings is 1. The standard InChI is InChI=1S/C28H38N4O6/c1-32-23-15-6-5-9-18(23)17-24(32)26(34)31-22(25(33)30-21-13-7-12-20(21)27(35)36)14-8-16-29-28(37)38-19-10-3-2-4-11-19/h5-6,9,15,17,19-22H,2-4,7-8,10-14,16H2,1H3,(H,29,37)(H,30,33)(H,31,34)(H,35,36)/t20-,21?,22+/m1/s1. The second kappa shape index (κ2) is 12.8. The molecule has 1 aromatic carbocycles. The summed E-state index contributed by atoms with van der Waals surface area (Å²) in [5.41, 5.74) is 1.32. The summed E-state index contributed by atoms with van der Waals surface area (Å²) in [6, 6.07) is 8.05. The fourth-order valence-electron chi connectivity index (χ4n) is 5.59. The highest BCUT2D eigenvalue weighted by Gasteiger charge is 2.35. The molecule has 0 saturated heterocycles. The van der Waals surface area contributed by atoms with Gasteiger partial charge in [0.25, 0.3) is 5.91 Å². The van der Waals surface area contributed by atoms with Crippen molar-refractivity contribution in [2.24, 2.45) is 13.0 Å². The molecule has 0 bridgehead atoms. The Morgan fingerprint density at radius 3 is 2.55 bits per heavy atom. The molecule has 3 atom stereocenters. The number of amides is 3. The van der Waals surface area contributed by atoms with E-state index in [2.05, 4.69) is 16.0 Å². The summed E-state index contributed by atoms with van der Waals surface area (Å²) >= 11 is 0. The van der Waals surface area contributed by atoms with Crippen LogP contribution in [0.15, 0.2) is 30.3 Å². The van der Waals surface area contributed by atoms with E-state index >= 15 is 0 Å².